The van der Waals surface area contributed by atoms with E-state index in [1.54, 1.807) is 7.11 Å². The molecule has 0 bridgehead atoms. The van der Waals surface area contributed by atoms with E-state index in [4.69, 9.17) is 4.74 Å². The molecule has 1 aliphatic heterocycles. The molecule has 3 nitrogen and oxygen atoms in total. The topological polar surface area (TPSA) is 24.5 Å². The third kappa shape index (κ3) is 4.72. The van der Waals surface area contributed by atoms with Gasteiger partial charge in [-0.05, 0) is 24.8 Å². The van der Waals surface area contributed by atoms with Crippen LogP contribution in [0.1, 0.15) is 37.3 Å². The van der Waals surface area contributed by atoms with Gasteiger partial charge < -0.3 is 10.1 Å². The number of hydrogen-bond acceptors (Lipinski definition) is 3. The van der Waals surface area contributed by atoms with Gasteiger partial charge >= 0.3 is 0 Å². The number of piperazine rings is 1. The van der Waals surface area contributed by atoms with Gasteiger partial charge in [-0.1, -0.05) is 18.9 Å². The first-order valence-electron chi connectivity index (χ1n) is 8.08. The number of rotatable bonds is 4. The molecule has 1 N–H and O–H groups in total. The lowest BCUT2D eigenvalue weighted by molar-refractivity contribution is 0.122. The number of methoxy groups -OCH3 is 1. The number of halogens is 3. The maximum atomic E-state index is 14.6. The highest BCUT2D eigenvalue weighted by molar-refractivity contribution is 5.85. The molecule has 0 radical (unpaired) electrons. The Balaban J connectivity index is 0.00000132. The van der Waals surface area contributed by atoms with Gasteiger partial charge in [-0.25, -0.2) is 4.39 Å². The van der Waals surface area contributed by atoms with E-state index < -0.39 is 0 Å². The van der Waals surface area contributed by atoms with Crippen LogP contribution in [0, 0.1) is 11.7 Å². The van der Waals surface area contributed by atoms with Gasteiger partial charge in [0.1, 0.15) is 11.6 Å². The number of ether oxygens (including phenoxy) is 1. The average Bonchev–Trinajstić information content (AvgIpc) is 3.04. The second-order valence-corrected chi connectivity index (χ2v) is 6.16. The van der Waals surface area contributed by atoms with Crippen LogP contribution in [0.5, 0.6) is 5.75 Å². The molecule has 2 fully saturated rings. The molecule has 132 valence electrons. The van der Waals surface area contributed by atoms with Crippen LogP contribution in [-0.2, 0) is 0 Å². The van der Waals surface area contributed by atoms with Crippen LogP contribution in [0.15, 0.2) is 18.2 Å². The summed E-state index contributed by atoms with van der Waals surface area (Å²) in [6.07, 6.45) is 5.01. The fourth-order valence-corrected chi connectivity index (χ4v) is 3.86. The first-order valence-corrected chi connectivity index (χ1v) is 8.08. The van der Waals surface area contributed by atoms with Gasteiger partial charge in [0, 0.05) is 43.9 Å². The second-order valence-electron chi connectivity index (χ2n) is 6.16. The lowest BCUT2D eigenvalue weighted by Gasteiger charge is -2.38. The highest BCUT2D eigenvalue weighted by Gasteiger charge is 2.33. The Morgan fingerprint density at radius 2 is 1.83 bits per heavy atom. The van der Waals surface area contributed by atoms with E-state index in [2.05, 4.69) is 10.2 Å². The molecule has 1 aromatic carbocycles. The minimum atomic E-state index is -0.121. The van der Waals surface area contributed by atoms with Crippen LogP contribution in [-0.4, -0.2) is 38.2 Å². The van der Waals surface area contributed by atoms with Crippen molar-refractivity contribution in [3.8, 4) is 5.75 Å². The van der Waals surface area contributed by atoms with Crippen LogP contribution >= 0.6 is 24.8 Å². The third-order valence-electron chi connectivity index (χ3n) is 4.92. The third-order valence-corrected chi connectivity index (χ3v) is 4.92. The Labute approximate surface area is 150 Å². The maximum absolute atomic E-state index is 14.6. The molecule has 23 heavy (non-hydrogen) atoms. The molecule has 0 unspecified atom stereocenters. The average molecular weight is 365 g/mol. The molecule has 0 spiro atoms. The smallest absolute Gasteiger partial charge is 0.131 e. The quantitative estimate of drug-likeness (QED) is 0.878. The molecule has 3 rings (SSSR count). The molecule has 1 heterocycles. The van der Waals surface area contributed by atoms with Crippen molar-refractivity contribution < 1.29 is 9.13 Å². The highest BCUT2D eigenvalue weighted by Crippen LogP contribution is 2.41. The van der Waals surface area contributed by atoms with Gasteiger partial charge in [0.15, 0.2) is 0 Å². The zero-order valence-electron chi connectivity index (χ0n) is 13.6. The van der Waals surface area contributed by atoms with Gasteiger partial charge in [0.2, 0.25) is 0 Å². The van der Waals surface area contributed by atoms with E-state index in [1.807, 2.05) is 12.1 Å². The summed E-state index contributed by atoms with van der Waals surface area (Å²) in [5.74, 6) is 1.07. The van der Waals surface area contributed by atoms with Crippen molar-refractivity contribution in [3.63, 3.8) is 0 Å². The van der Waals surface area contributed by atoms with Crippen LogP contribution in [0.4, 0.5) is 4.39 Å². The van der Waals surface area contributed by atoms with Crippen molar-refractivity contribution in [1.82, 2.24) is 10.2 Å². The van der Waals surface area contributed by atoms with Crippen molar-refractivity contribution in [2.24, 2.45) is 5.92 Å². The minimum Gasteiger partial charge on any atom is -0.497 e. The van der Waals surface area contributed by atoms with Crippen LogP contribution in [0.3, 0.4) is 0 Å². The molecular formula is C17H27Cl2FN2O. The number of hydrogen-bond donors (Lipinski definition) is 1. The van der Waals surface area contributed by atoms with Gasteiger partial charge in [-0.3, -0.25) is 4.90 Å². The molecule has 0 aromatic heterocycles. The van der Waals surface area contributed by atoms with Crippen molar-refractivity contribution in [1.29, 1.82) is 0 Å². The van der Waals surface area contributed by atoms with Crippen molar-refractivity contribution in [2.45, 2.75) is 31.7 Å². The fourth-order valence-electron chi connectivity index (χ4n) is 3.86. The summed E-state index contributed by atoms with van der Waals surface area (Å²) in [5.41, 5.74) is 0.851. The molecule has 1 saturated heterocycles. The van der Waals surface area contributed by atoms with Crippen molar-refractivity contribution in [3.05, 3.63) is 29.6 Å². The molecule has 6 heteroatoms. The predicted octanol–water partition coefficient (Wildman–Crippen LogP) is 3.81. The standard InChI is InChI=1S/C17H25FN2O.2ClH/c1-21-14-6-7-15(16(18)12-14)17(13-4-2-3-5-13)20-10-8-19-9-11-20;;/h6-7,12-13,17,19H,2-5,8-11H2,1H3;2*1H/t17-;;/m1../s1. The van der Waals surface area contributed by atoms with Crippen molar-refractivity contribution >= 4 is 24.8 Å². The molecule has 0 amide bonds. The van der Waals surface area contributed by atoms with E-state index in [0.29, 0.717) is 11.7 Å². The Hall–Kier alpha value is -0.550. The minimum absolute atomic E-state index is 0. The number of benzene rings is 1. The Bertz CT molecular complexity index is 478. The van der Waals surface area contributed by atoms with Gasteiger partial charge in [0.25, 0.3) is 0 Å². The van der Waals surface area contributed by atoms with Gasteiger partial charge in [-0.2, -0.15) is 0 Å². The summed E-state index contributed by atoms with van der Waals surface area (Å²) < 4.78 is 19.7. The lowest BCUT2D eigenvalue weighted by Crippen LogP contribution is -2.46. The van der Waals surface area contributed by atoms with Gasteiger partial charge in [0.05, 0.1) is 7.11 Å². The number of nitrogens with one attached hydrogen (secondary N) is 1. The molecule has 1 saturated carbocycles. The van der Waals surface area contributed by atoms with Gasteiger partial charge in [-0.15, -0.1) is 24.8 Å². The first-order chi connectivity index (χ1) is 10.3. The zero-order chi connectivity index (χ0) is 14.7. The van der Waals surface area contributed by atoms with E-state index in [9.17, 15) is 4.39 Å². The first kappa shape index (κ1) is 20.5. The van der Waals surface area contributed by atoms with E-state index in [0.717, 1.165) is 31.7 Å². The molecule has 1 aromatic rings. The lowest BCUT2D eigenvalue weighted by atomic mass is 9.89. The fraction of sp³-hybridized carbons (Fsp3) is 0.647. The normalized spacial score (nSPS) is 20.4. The molecule has 2 aliphatic rings. The predicted molar refractivity (Wildman–Crippen MR) is 96.6 cm³/mol. The summed E-state index contributed by atoms with van der Waals surface area (Å²) in [5, 5.41) is 3.39. The highest BCUT2D eigenvalue weighted by atomic mass is 35.5. The summed E-state index contributed by atoms with van der Waals surface area (Å²) in [6.45, 7) is 4.02. The largest absolute Gasteiger partial charge is 0.497 e. The maximum Gasteiger partial charge on any atom is 0.131 e. The summed E-state index contributed by atoms with van der Waals surface area (Å²) in [6, 6.07) is 5.57. The zero-order valence-corrected chi connectivity index (χ0v) is 15.2. The Kier molecular flexibility index (Phi) is 8.62. The summed E-state index contributed by atoms with van der Waals surface area (Å²) >= 11 is 0. The van der Waals surface area contributed by atoms with E-state index in [1.165, 1.54) is 31.7 Å². The Morgan fingerprint density at radius 1 is 1.17 bits per heavy atom. The monoisotopic (exact) mass is 364 g/mol. The van der Waals surface area contributed by atoms with E-state index in [-0.39, 0.29) is 36.7 Å². The Morgan fingerprint density at radius 3 is 2.39 bits per heavy atom. The van der Waals surface area contributed by atoms with Crippen molar-refractivity contribution in [2.75, 3.05) is 33.3 Å². The SMILES string of the molecule is COc1ccc([C@@H](C2CCCC2)N2CCNCC2)c(F)c1.Cl.Cl. The summed E-state index contributed by atoms with van der Waals surface area (Å²) in [4.78, 5) is 2.47. The molecule has 1 atom stereocenters. The molecule has 1 aliphatic carbocycles. The number of nitrogens with zero attached hydrogens (tertiary/aromatic N) is 1. The van der Waals surface area contributed by atoms with Crippen LogP contribution < -0.4 is 10.1 Å². The molecular weight excluding hydrogens is 338 g/mol. The van der Waals surface area contributed by atoms with E-state index >= 15 is 0 Å². The summed E-state index contributed by atoms with van der Waals surface area (Å²) in [7, 11) is 1.58. The van der Waals surface area contributed by atoms with Crippen LogP contribution in [0.2, 0.25) is 0 Å². The van der Waals surface area contributed by atoms with Crippen LogP contribution in [0.25, 0.3) is 0 Å². The second kappa shape index (κ2) is 9.67.